The summed E-state index contributed by atoms with van der Waals surface area (Å²) < 4.78 is 7.57. The molecular weight excluding hydrogens is 492 g/mol. The monoisotopic (exact) mass is 532 g/mol. The lowest BCUT2D eigenvalue weighted by Gasteiger charge is -2.41. The van der Waals surface area contributed by atoms with Crippen LogP contribution in [0.3, 0.4) is 0 Å². The maximum absolute atomic E-state index is 13.4. The van der Waals surface area contributed by atoms with E-state index in [1.54, 1.807) is 6.33 Å². The van der Waals surface area contributed by atoms with Gasteiger partial charge < -0.3 is 19.9 Å². The Morgan fingerprint density at radius 2 is 1.82 bits per heavy atom. The minimum atomic E-state index is 0.181. The van der Waals surface area contributed by atoms with Crippen LogP contribution >= 0.6 is 0 Å². The van der Waals surface area contributed by atoms with Crippen molar-refractivity contribution in [3.05, 3.63) is 42.4 Å². The van der Waals surface area contributed by atoms with Crippen molar-refractivity contribution in [2.24, 2.45) is 5.92 Å². The number of benzene rings is 1. The Bertz CT molecular complexity index is 1260. The molecule has 2 aliphatic heterocycles. The van der Waals surface area contributed by atoms with Crippen LogP contribution in [-0.2, 0) is 11.3 Å². The van der Waals surface area contributed by atoms with E-state index in [1.165, 1.54) is 0 Å². The standard InChI is InChI=1S/C29H40N8O2/c1-2-39-25-5-3-4-22(18-25)20-37-28-26(19-33-37)27(31-21-32-28)35-14-16-36(17-15-35)29(38)23-6-8-24(9-7-23)34-12-10-30-11-13-34/h3-5,18-19,21,23-24,30H,2,6-17,20H2,1H3/t23-,24-. The lowest BCUT2D eigenvalue weighted by molar-refractivity contribution is -0.137. The van der Waals surface area contributed by atoms with Gasteiger partial charge in [-0.3, -0.25) is 9.69 Å². The van der Waals surface area contributed by atoms with Crippen molar-refractivity contribution < 1.29 is 9.53 Å². The molecule has 0 radical (unpaired) electrons. The summed E-state index contributed by atoms with van der Waals surface area (Å²) in [6.07, 6.45) is 7.83. The van der Waals surface area contributed by atoms with Gasteiger partial charge in [0.05, 0.1) is 24.7 Å². The van der Waals surface area contributed by atoms with E-state index in [-0.39, 0.29) is 5.92 Å². The number of amides is 1. The van der Waals surface area contributed by atoms with Gasteiger partial charge in [0, 0.05) is 64.3 Å². The number of hydrogen-bond acceptors (Lipinski definition) is 8. The fourth-order valence-corrected chi connectivity index (χ4v) is 6.45. The van der Waals surface area contributed by atoms with Gasteiger partial charge >= 0.3 is 0 Å². The molecule has 10 heteroatoms. The molecule has 1 amide bonds. The Balaban J connectivity index is 1.06. The maximum atomic E-state index is 13.4. The van der Waals surface area contributed by atoms with Crippen LogP contribution in [0.25, 0.3) is 11.0 Å². The minimum absolute atomic E-state index is 0.181. The molecule has 0 atom stereocenters. The molecule has 1 aliphatic carbocycles. The first-order valence-corrected chi connectivity index (χ1v) is 14.6. The lowest BCUT2D eigenvalue weighted by Crippen LogP contribution is -2.52. The number of nitrogens with zero attached hydrogens (tertiary/aromatic N) is 7. The van der Waals surface area contributed by atoms with Crippen LogP contribution in [-0.4, -0.2) is 100 Å². The first-order chi connectivity index (χ1) is 19.2. The van der Waals surface area contributed by atoms with E-state index in [1.807, 2.05) is 36.0 Å². The van der Waals surface area contributed by atoms with Crippen LogP contribution in [0.4, 0.5) is 5.82 Å². The Kier molecular flexibility index (Phi) is 7.92. The van der Waals surface area contributed by atoms with Gasteiger partial charge in [0.15, 0.2) is 5.65 Å². The highest BCUT2D eigenvalue weighted by atomic mass is 16.5. The zero-order valence-electron chi connectivity index (χ0n) is 23.0. The van der Waals surface area contributed by atoms with E-state index >= 15 is 0 Å². The SMILES string of the molecule is CCOc1cccc(Cn2ncc3c(N4CCN(C(=O)[C@H]5CC[C@H](N6CCNCC6)CC5)CC4)ncnc32)c1. The number of aromatic nitrogens is 4. The fraction of sp³-hybridized carbons (Fsp3) is 0.586. The number of fused-ring (bicyclic) bond motifs is 1. The van der Waals surface area contributed by atoms with Crippen molar-refractivity contribution >= 4 is 22.8 Å². The van der Waals surface area contributed by atoms with Crippen molar-refractivity contribution in [1.29, 1.82) is 0 Å². The molecular formula is C29H40N8O2. The Hall–Kier alpha value is -3.24. The average molecular weight is 533 g/mol. The molecule has 4 heterocycles. The van der Waals surface area contributed by atoms with Gasteiger partial charge in [0.25, 0.3) is 0 Å². The van der Waals surface area contributed by atoms with Crippen molar-refractivity contribution in [2.75, 3.05) is 63.9 Å². The van der Waals surface area contributed by atoms with Crippen LogP contribution in [0, 0.1) is 5.92 Å². The van der Waals surface area contributed by atoms with Gasteiger partial charge in [-0.25, -0.2) is 14.6 Å². The minimum Gasteiger partial charge on any atom is -0.494 e. The first-order valence-electron chi connectivity index (χ1n) is 14.6. The highest BCUT2D eigenvalue weighted by Gasteiger charge is 2.33. The Labute approximate surface area is 230 Å². The Morgan fingerprint density at radius 1 is 1.03 bits per heavy atom. The summed E-state index contributed by atoms with van der Waals surface area (Å²) in [6.45, 7) is 10.7. The number of piperazine rings is 2. The molecule has 1 N–H and O–H groups in total. The zero-order valence-corrected chi connectivity index (χ0v) is 23.0. The summed E-state index contributed by atoms with van der Waals surface area (Å²) in [6, 6.07) is 8.75. The van der Waals surface area contributed by atoms with Crippen molar-refractivity contribution in [2.45, 2.75) is 45.2 Å². The van der Waals surface area contributed by atoms with Gasteiger partial charge in [-0.15, -0.1) is 0 Å². The van der Waals surface area contributed by atoms with Gasteiger partial charge in [-0.05, 0) is 50.3 Å². The second kappa shape index (κ2) is 11.9. The van der Waals surface area contributed by atoms with E-state index in [0.717, 1.165) is 106 Å². The normalized spacial score (nSPS) is 22.8. The number of carbonyl (C=O) groups is 1. The summed E-state index contributed by atoms with van der Waals surface area (Å²) in [5, 5.41) is 9.03. The van der Waals surface area contributed by atoms with Gasteiger partial charge in [0.2, 0.25) is 5.91 Å². The van der Waals surface area contributed by atoms with Crippen molar-refractivity contribution in [3.8, 4) is 5.75 Å². The summed E-state index contributed by atoms with van der Waals surface area (Å²) in [5.74, 6) is 2.30. The quantitative estimate of drug-likeness (QED) is 0.496. The topological polar surface area (TPSA) is 91.7 Å². The van der Waals surface area contributed by atoms with Gasteiger partial charge in [-0.1, -0.05) is 12.1 Å². The molecule has 0 bridgehead atoms. The summed E-state index contributed by atoms with van der Waals surface area (Å²) >= 11 is 0. The third-order valence-electron chi connectivity index (χ3n) is 8.56. The van der Waals surface area contributed by atoms with E-state index in [0.29, 0.717) is 25.1 Å². The van der Waals surface area contributed by atoms with Gasteiger partial charge in [0.1, 0.15) is 17.9 Å². The van der Waals surface area contributed by atoms with E-state index < -0.39 is 0 Å². The third kappa shape index (κ3) is 5.72. The number of anilines is 1. The molecule has 10 nitrogen and oxygen atoms in total. The molecule has 1 aromatic carbocycles. The molecule has 3 fully saturated rings. The van der Waals surface area contributed by atoms with E-state index in [9.17, 15) is 4.79 Å². The summed E-state index contributed by atoms with van der Waals surface area (Å²) in [7, 11) is 0. The molecule has 0 spiro atoms. The number of carbonyl (C=O) groups excluding carboxylic acids is 1. The predicted octanol–water partition coefficient (Wildman–Crippen LogP) is 2.39. The highest BCUT2D eigenvalue weighted by Crippen LogP contribution is 2.30. The smallest absolute Gasteiger partial charge is 0.225 e. The molecule has 3 aromatic rings. The molecule has 3 aliphatic rings. The first kappa shape index (κ1) is 26.0. The van der Waals surface area contributed by atoms with E-state index in [4.69, 9.17) is 4.74 Å². The molecule has 2 aromatic heterocycles. The lowest BCUT2D eigenvalue weighted by atomic mass is 9.84. The van der Waals surface area contributed by atoms with Crippen molar-refractivity contribution in [3.63, 3.8) is 0 Å². The molecule has 1 saturated carbocycles. The van der Waals surface area contributed by atoms with E-state index in [2.05, 4.69) is 41.1 Å². The number of nitrogens with one attached hydrogen (secondary N) is 1. The van der Waals surface area contributed by atoms with Gasteiger partial charge in [-0.2, -0.15) is 5.10 Å². The largest absolute Gasteiger partial charge is 0.494 e. The molecule has 39 heavy (non-hydrogen) atoms. The molecule has 208 valence electrons. The van der Waals surface area contributed by atoms with Crippen LogP contribution in [0.1, 0.15) is 38.2 Å². The maximum Gasteiger partial charge on any atom is 0.225 e. The zero-order chi connectivity index (χ0) is 26.6. The summed E-state index contributed by atoms with van der Waals surface area (Å²) in [4.78, 5) is 29.5. The second-order valence-electron chi connectivity index (χ2n) is 10.9. The van der Waals surface area contributed by atoms with Crippen LogP contribution in [0.5, 0.6) is 5.75 Å². The number of hydrogen-bond donors (Lipinski definition) is 1. The highest BCUT2D eigenvalue weighted by molar-refractivity contribution is 5.87. The van der Waals surface area contributed by atoms with Crippen LogP contribution in [0.2, 0.25) is 0 Å². The predicted molar refractivity (Wildman–Crippen MR) is 151 cm³/mol. The third-order valence-corrected chi connectivity index (χ3v) is 8.56. The number of ether oxygens (including phenoxy) is 1. The second-order valence-corrected chi connectivity index (χ2v) is 10.9. The molecule has 2 saturated heterocycles. The van der Waals surface area contributed by atoms with Crippen LogP contribution < -0.4 is 15.0 Å². The molecule has 0 unspecified atom stereocenters. The average Bonchev–Trinajstić information content (AvgIpc) is 3.40. The summed E-state index contributed by atoms with van der Waals surface area (Å²) in [5.41, 5.74) is 1.93. The van der Waals surface area contributed by atoms with Crippen LogP contribution in [0.15, 0.2) is 36.8 Å². The van der Waals surface area contributed by atoms with Crippen molar-refractivity contribution in [1.82, 2.24) is 34.9 Å². The number of rotatable bonds is 7. The Morgan fingerprint density at radius 3 is 2.59 bits per heavy atom. The molecule has 6 rings (SSSR count). The fourth-order valence-electron chi connectivity index (χ4n) is 6.45.